The molecule has 0 atom stereocenters. The van der Waals surface area contributed by atoms with Crippen LogP contribution in [0.5, 0.6) is 0 Å². The standard InChI is InChI=1S/C23H19N7O2/c1-13-21(14(2)30(29-13)12-15-7-8-16(10-24)26-11-15)28-23(32)18-9-20(22(25)31)27-19-6-4-3-5-17(18)19/h3-9,11H,12H2,1-2H3,(H2,25,31)(H,28,32). The number of amides is 2. The smallest absolute Gasteiger partial charge is 0.267 e. The molecule has 3 N–H and O–H groups in total. The average molecular weight is 425 g/mol. The van der Waals surface area contributed by atoms with E-state index in [1.165, 1.54) is 6.07 Å². The largest absolute Gasteiger partial charge is 0.364 e. The Balaban J connectivity index is 1.66. The molecule has 4 rings (SSSR count). The molecule has 0 unspecified atom stereocenters. The fourth-order valence-corrected chi connectivity index (χ4v) is 3.46. The van der Waals surface area contributed by atoms with Crippen molar-refractivity contribution in [1.29, 1.82) is 5.26 Å². The molecule has 2 amide bonds. The highest BCUT2D eigenvalue weighted by atomic mass is 16.2. The number of rotatable bonds is 5. The molecule has 32 heavy (non-hydrogen) atoms. The molecule has 0 saturated heterocycles. The first-order valence-corrected chi connectivity index (χ1v) is 9.77. The zero-order valence-corrected chi connectivity index (χ0v) is 17.5. The Kier molecular flexibility index (Phi) is 5.35. The van der Waals surface area contributed by atoms with Crippen molar-refractivity contribution >= 4 is 28.4 Å². The van der Waals surface area contributed by atoms with Crippen molar-refractivity contribution in [3.05, 3.63) is 82.6 Å². The summed E-state index contributed by atoms with van der Waals surface area (Å²) < 4.78 is 1.76. The minimum absolute atomic E-state index is 0.0197. The first kappa shape index (κ1) is 20.7. The molecule has 158 valence electrons. The normalized spacial score (nSPS) is 10.7. The molecule has 0 spiro atoms. The summed E-state index contributed by atoms with van der Waals surface area (Å²) in [6.07, 6.45) is 1.63. The minimum atomic E-state index is -0.707. The number of carbonyl (C=O) groups excluding carboxylic acids is 2. The van der Waals surface area contributed by atoms with E-state index in [0.29, 0.717) is 40.1 Å². The molecule has 4 aromatic rings. The summed E-state index contributed by atoms with van der Waals surface area (Å²) in [5, 5.41) is 16.9. The summed E-state index contributed by atoms with van der Waals surface area (Å²) >= 11 is 0. The molecule has 9 heteroatoms. The number of pyridine rings is 2. The maximum absolute atomic E-state index is 13.2. The van der Waals surface area contributed by atoms with Crippen LogP contribution in [0.1, 0.15) is 43.5 Å². The molecule has 0 radical (unpaired) electrons. The highest BCUT2D eigenvalue weighted by Crippen LogP contribution is 2.24. The van der Waals surface area contributed by atoms with Gasteiger partial charge in [0, 0.05) is 11.6 Å². The maximum atomic E-state index is 13.2. The molecule has 3 heterocycles. The van der Waals surface area contributed by atoms with Crippen molar-refractivity contribution in [2.75, 3.05) is 5.32 Å². The molecular formula is C23H19N7O2. The molecule has 0 aliphatic heterocycles. The van der Waals surface area contributed by atoms with E-state index in [9.17, 15) is 9.59 Å². The predicted molar refractivity (Wildman–Crippen MR) is 118 cm³/mol. The summed E-state index contributed by atoms with van der Waals surface area (Å²) in [6, 6.07) is 13.9. The lowest BCUT2D eigenvalue weighted by molar-refractivity contribution is 0.0996. The Morgan fingerprint density at radius 2 is 1.97 bits per heavy atom. The number of primary amides is 1. The lowest BCUT2D eigenvalue weighted by Gasteiger charge is -2.10. The van der Waals surface area contributed by atoms with Gasteiger partial charge in [0.1, 0.15) is 17.5 Å². The van der Waals surface area contributed by atoms with Gasteiger partial charge in [-0.05, 0) is 37.6 Å². The van der Waals surface area contributed by atoms with Crippen LogP contribution in [0, 0.1) is 25.2 Å². The number of hydrogen-bond donors (Lipinski definition) is 2. The van der Waals surface area contributed by atoms with Gasteiger partial charge >= 0.3 is 0 Å². The number of anilines is 1. The molecule has 1 aromatic carbocycles. The zero-order chi connectivity index (χ0) is 22.8. The van der Waals surface area contributed by atoms with Crippen LogP contribution in [0.2, 0.25) is 0 Å². The highest BCUT2D eigenvalue weighted by molar-refractivity contribution is 6.14. The summed E-state index contributed by atoms with van der Waals surface area (Å²) in [7, 11) is 0. The van der Waals surface area contributed by atoms with Crippen LogP contribution in [0.3, 0.4) is 0 Å². The van der Waals surface area contributed by atoms with Crippen molar-refractivity contribution in [1.82, 2.24) is 19.7 Å². The van der Waals surface area contributed by atoms with E-state index in [1.807, 2.05) is 19.1 Å². The van der Waals surface area contributed by atoms with Gasteiger partial charge in [-0.15, -0.1) is 0 Å². The van der Waals surface area contributed by atoms with Gasteiger partial charge in [-0.25, -0.2) is 9.97 Å². The number of nitrogens with two attached hydrogens (primary N) is 1. The van der Waals surface area contributed by atoms with Crippen LogP contribution in [-0.2, 0) is 6.54 Å². The molecule has 0 fully saturated rings. The minimum Gasteiger partial charge on any atom is -0.364 e. The van der Waals surface area contributed by atoms with Gasteiger partial charge in [0.25, 0.3) is 11.8 Å². The third-order valence-electron chi connectivity index (χ3n) is 5.10. The Morgan fingerprint density at radius 3 is 2.66 bits per heavy atom. The van der Waals surface area contributed by atoms with E-state index in [1.54, 1.807) is 48.1 Å². The number of nitrogens with one attached hydrogen (secondary N) is 1. The van der Waals surface area contributed by atoms with Crippen molar-refractivity contribution in [3.63, 3.8) is 0 Å². The number of para-hydroxylation sites is 1. The van der Waals surface area contributed by atoms with Gasteiger partial charge in [-0.2, -0.15) is 10.4 Å². The van der Waals surface area contributed by atoms with Crippen molar-refractivity contribution in [2.45, 2.75) is 20.4 Å². The van der Waals surface area contributed by atoms with E-state index in [4.69, 9.17) is 11.0 Å². The summed E-state index contributed by atoms with van der Waals surface area (Å²) in [5.74, 6) is -1.10. The van der Waals surface area contributed by atoms with E-state index in [0.717, 1.165) is 11.3 Å². The van der Waals surface area contributed by atoms with E-state index in [-0.39, 0.29) is 5.69 Å². The number of hydrogen-bond acceptors (Lipinski definition) is 6. The average Bonchev–Trinajstić information content (AvgIpc) is 3.06. The lowest BCUT2D eigenvalue weighted by atomic mass is 10.1. The van der Waals surface area contributed by atoms with Crippen LogP contribution in [0.4, 0.5) is 5.69 Å². The number of fused-ring (bicyclic) bond motifs is 1. The molecule has 0 aliphatic rings. The fraction of sp³-hybridized carbons (Fsp3) is 0.130. The molecule has 9 nitrogen and oxygen atoms in total. The lowest BCUT2D eigenvalue weighted by Crippen LogP contribution is -2.18. The number of aryl methyl sites for hydroxylation is 1. The summed E-state index contributed by atoms with van der Waals surface area (Å²) in [5.41, 5.74) is 9.42. The zero-order valence-electron chi connectivity index (χ0n) is 17.5. The number of nitrogens with zero attached hydrogens (tertiary/aromatic N) is 5. The van der Waals surface area contributed by atoms with E-state index in [2.05, 4.69) is 20.4 Å². The number of nitriles is 1. The Morgan fingerprint density at radius 1 is 1.19 bits per heavy atom. The Hall–Kier alpha value is -4.58. The van der Waals surface area contributed by atoms with Gasteiger partial charge in [0.05, 0.1) is 34.7 Å². The predicted octanol–water partition coefficient (Wildman–Crippen LogP) is 2.71. The first-order chi connectivity index (χ1) is 15.4. The summed E-state index contributed by atoms with van der Waals surface area (Å²) in [6.45, 7) is 4.09. The number of benzene rings is 1. The van der Waals surface area contributed by atoms with Crippen LogP contribution in [0.15, 0.2) is 48.7 Å². The van der Waals surface area contributed by atoms with E-state index >= 15 is 0 Å². The molecule has 0 saturated carbocycles. The van der Waals surface area contributed by atoms with Crippen LogP contribution < -0.4 is 11.1 Å². The molecule has 0 bridgehead atoms. The van der Waals surface area contributed by atoms with Gasteiger partial charge in [-0.1, -0.05) is 24.3 Å². The molecular weight excluding hydrogens is 406 g/mol. The molecule has 3 aromatic heterocycles. The van der Waals surface area contributed by atoms with E-state index < -0.39 is 11.8 Å². The summed E-state index contributed by atoms with van der Waals surface area (Å²) in [4.78, 5) is 33.2. The van der Waals surface area contributed by atoms with Gasteiger partial charge in [-0.3, -0.25) is 14.3 Å². The Labute approximate surface area is 183 Å². The van der Waals surface area contributed by atoms with Crippen molar-refractivity contribution in [3.8, 4) is 6.07 Å². The quantitative estimate of drug-likeness (QED) is 0.504. The second-order valence-electron chi connectivity index (χ2n) is 7.26. The van der Waals surface area contributed by atoms with Gasteiger partial charge < -0.3 is 11.1 Å². The van der Waals surface area contributed by atoms with Crippen LogP contribution in [0.25, 0.3) is 10.9 Å². The number of aromatic nitrogens is 4. The molecule has 0 aliphatic carbocycles. The second-order valence-corrected chi connectivity index (χ2v) is 7.26. The Bertz CT molecular complexity index is 1400. The van der Waals surface area contributed by atoms with Gasteiger partial charge in [0.2, 0.25) is 0 Å². The van der Waals surface area contributed by atoms with Crippen LogP contribution in [-0.4, -0.2) is 31.6 Å². The first-order valence-electron chi connectivity index (χ1n) is 9.77. The van der Waals surface area contributed by atoms with Crippen molar-refractivity contribution < 1.29 is 9.59 Å². The van der Waals surface area contributed by atoms with Crippen LogP contribution >= 0.6 is 0 Å². The van der Waals surface area contributed by atoms with Crippen molar-refractivity contribution in [2.24, 2.45) is 5.73 Å². The third-order valence-corrected chi connectivity index (χ3v) is 5.10. The maximum Gasteiger partial charge on any atom is 0.267 e. The topological polar surface area (TPSA) is 140 Å². The fourth-order valence-electron chi connectivity index (χ4n) is 3.46. The van der Waals surface area contributed by atoms with Gasteiger partial charge in [0.15, 0.2) is 0 Å². The highest BCUT2D eigenvalue weighted by Gasteiger charge is 2.19. The third kappa shape index (κ3) is 3.89. The monoisotopic (exact) mass is 425 g/mol. The second kappa shape index (κ2) is 8.28. The SMILES string of the molecule is Cc1nn(Cc2ccc(C#N)nc2)c(C)c1NC(=O)c1cc(C(N)=O)nc2ccccc12. The number of carbonyl (C=O) groups is 2.